The molecule has 0 radical (unpaired) electrons. The van der Waals surface area contributed by atoms with E-state index in [-0.39, 0.29) is 11.8 Å². The summed E-state index contributed by atoms with van der Waals surface area (Å²) in [5, 5.41) is 0. The van der Waals surface area contributed by atoms with Crippen molar-refractivity contribution in [2.75, 3.05) is 7.11 Å². The number of carbonyl (C=O) groups is 2. The molecule has 0 amide bonds. The van der Waals surface area contributed by atoms with E-state index in [1.54, 1.807) is 7.11 Å². The van der Waals surface area contributed by atoms with Gasteiger partial charge in [0.05, 0.1) is 18.4 Å². The average Bonchev–Trinajstić information content (AvgIpc) is 2.82. The summed E-state index contributed by atoms with van der Waals surface area (Å²) in [6.45, 7) is 5.86. The topological polar surface area (TPSA) is 52.6 Å². The minimum absolute atomic E-state index is 0.0170. The Morgan fingerprint density at radius 3 is 2.46 bits per heavy atom. The molecular formula is C22H20O4. The molecule has 1 fully saturated rings. The van der Waals surface area contributed by atoms with Crippen LogP contribution in [0.3, 0.4) is 0 Å². The first-order chi connectivity index (χ1) is 12.3. The fourth-order valence-corrected chi connectivity index (χ4v) is 5.87. The summed E-state index contributed by atoms with van der Waals surface area (Å²) < 4.78 is 11.6. The fourth-order valence-electron chi connectivity index (χ4n) is 5.87. The van der Waals surface area contributed by atoms with Gasteiger partial charge in [0, 0.05) is 22.1 Å². The van der Waals surface area contributed by atoms with Crippen LogP contribution >= 0.6 is 0 Å². The van der Waals surface area contributed by atoms with Gasteiger partial charge in [-0.2, -0.15) is 0 Å². The predicted molar refractivity (Wildman–Crippen MR) is 95.4 cm³/mol. The first-order valence-corrected chi connectivity index (χ1v) is 8.87. The van der Waals surface area contributed by atoms with E-state index in [9.17, 15) is 9.59 Å². The lowest BCUT2D eigenvalue weighted by Crippen LogP contribution is -2.68. The maximum Gasteiger partial charge on any atom is 0.315 e. The summed E-state index contributed by atoms with van der Waals surface area (Å²) in [5.74, 6) is -0.128. The Morgan fingerprint density at radius 2 is 1.73 bits per heavy atom. The summed E-state index contributed by atoms with van der Waals surface area (Å²) in [5.41, 5.74) is 0.705. The maximum absolute atomic E-state index is 13.7. The number of benzene rings is 2. The summed E-state index contributed by atoms with van der Waals surface area (Å²) >= 11 is 0. The molecule has 4 nitrogen and oxygen atoms in total. The van der Waals surface area contributed by atoms with Gasteiger partial charge in [-0.3, -0.25) is 9.59 Å². The Kier molecular flexibility index (Phi) is 2.63. The number of esters is 1. The maximum atomic E-state index is 13.7. The molecule has 2 aliphatic carbocycles. The molecule has 2 aliphatic heterocycles. The zero-order chi connectivity index (χ0) is 18.5. The summed E-state index contributed by atoms with van der Waals surface area (Å²) in [4.78, 5) is 26.7. The molecule has 26 heavy (non-hydrogen) atoms. The lowest BCUT2D eigenvalue weighted by molar-refractivity contribution is -0.207. The van der Waals surface area contributed by atoms with E-state index >= 15 is 0 Å². The van der Waals surface area contributed by atoms with E-state index in [1.807, 2.05) is 63.2 Å². The van der Waals surface area contributed by atoms with Gasteiger partial charge in [-0.25, -0.2) is 0 Å². The third-order valence-corrected chi connectivity index (χ3v) is 7.36. The quantitative estimate of drug-likeness (QED) is 0.737. The van der Waals surface area contributed by atoms with Crippen LogP contribution in [0.15, 0.2) is 42.5 Å². The van der Waals surface area contributed by atoms with Crippen LogP contribution in [-0.4, -0.2) is 18.9 Å². The number of ether oxygens (including phenoxy) is 2. The van der Waals surface area contributed by atoms with Crippen molar-refractivity contribution in [3.05, 3.63) is 64.7 Å². The predicted octanol–water partition coefficient (Wildman–Crippen LogP) is 3.72. The normalized spacial score (nSPS) is 36.2. The Labute approximate surface area is 152 Å². The second kappa shape index (κ2) is 4.37. The highest BCUT2D eigenvalue weighted by atomic mass is 16.6. The standard InChI is InChI=1S/C22H20O4/c1-20-16-13(9-7-11-15(16)25-4)18(23)21(20,2)22(3)14-10-6-5-8-12(14)17(20)19(24)26-22/h5-11,17H,1-4H3. The van der Waals surface area contributed by atoms with Crippen LogP contribution < -0.4 is 4.74 Å². The Bertz CT molecular complexity index is 1010. The van der Waals surface area contributed by atoms with E-state index < -0.39 is 22.3 Å². The van der Waals surface area contributed by atoms with Crippen LogP contribution in [0.4, 0.5) is 0 Å². The summed E-state index contributed by atoms with van der Waals surface area (Å²) in [6, 6.07) is 13.4. The van der Waals surface area contributed by atoms with Gasteiger partial charge in [-0.05, 0) is 25.5 Å². The minimum Gasteiger partial charge on any atom is -0.496 e. The van der Waals surface area contributed by atoms with E-state index in [0.717, 1.165) is 16.7 Å². The third-order valence-electron chi connectivity index (χ3n) is 7.36. The molecule has 4 atom stereocenters. The van der Waals surface area contributed by atoms with Crippen LogP contribution in [0, 0.1) is 5.41 Å². The SMILES string of the molecule is COc1cccc2c1C1(C)C3C(=O)OC(C)(c4ccccc43)C1(C)C2=O. The second-order valence-corrected chi connectivity index (χ2v) is 8.01. The van der Waals surface area contributed by atoms with E-state index in [1.165, 1.54) is 0 Å². The molecule has 4 heteroatoms. The molecule has 6 rings (SSSR count). The number of hydrogen-bond donors (Lipinski definition) is 0. The van der Waals surface area contributed by atoms with Crippen molar-refractivity contribution < 1.29 is 19.1 Å². The molecule has 0 N–H and O–H groups in total. The molecular weight excluding hydrogens is 328 g/mol. The first kappa shape index (κ1) is 15.6. The highest BCUT2D eigenvalue weighted by molar-refractivity contribution is 6.11. The van der Waals surface area contributed by atoms with Crippen LogP contribution in [0.1, 0.15) is 53.7 Å². The molecule has 2 aromatic carbocycles. The monoisotopic (exact) mass is 348 g/mol. The van der Waals surface area contributed by atoms with E-state index in [4.69, 9.17) is 9.47 Å². The molecule has 0 saturated carbocycles. The molecule has 0 aromatic heterocycles. The average molecular weight is 348 g/mol. The number of Topliss-reactive ketones (excluding diaryl/α,β-unsaturated/α-hetero) is 1. The number of carbonyl (C=O) groups excluding carboxylic acids is 2. The van der Waals surface area contributed by atoms with Crippen molar-refractivity contribution in [2.45, 2.75) is 37.7 Å². The lowest BCUT2D eigenvalue weighted by Gasteiger charge is -2.62. The summed E-state index contributed by atoms with van der Waals surface area (Å²) in [7, 11) is 1.61. The Morgan fingerprint density at radius 1 is 1.00 bits per heavy atom. The molecule has 2 aromatic rings. The van der Waals surface area contributed by atoms with Crippen LogP contribution in [0.2, 0.25) is 0 Å². The number of rotatable bonds is 1. The molecule has 2 heterocycles. The van der Waals surface area contributed by atoms with Crippen LogP contribution in [0.25, 0.3) is 0 Å². The van der Waals surface area contributed by atoms with Crippen molar-refractivity contribution in [1.29, 1.82) is 0 Å². The van der Waals surface area contributed by atoms with Crippen molar-refractivity contribution >= 4 is 11.8 Å². The fraction of sp³-hybridized carbons (Fsp3) is 0.364. The van der Waals surface area contributed by atoms with Crippen LogP contribution in [-0.2, 0) is 20.5 Å². The van der Waals surface area contributed by atoms with E-state index in [2.05, 4.69) is 0 Å². The van der Waals surface area contributed by atoms with Crippen molar-refractivity contribution in [1.82, 2.24) is 0 Å². The molecule has 4 aliphatic rings. The van der Waals surface area contributed by atoms with Gasteiger partial charge in [-0.1, -0.05) is 43.3 Å². The van der Waals surface area contributed by atoms with Gasteiger partial charge in [-0.15, -0.1) is 0 Å². The first-order valence-electron chi connectivity index (χ1n) is 8.87. The van der Waals surface area contributed by atoms with Gasteiger partial charge in [0.25, 0.3) is 0 Å². The highest BCUT2D eigenvalue weighted by Crippen LogP contribution is 2.73. The largest absolute Gasteiger partial charge is 0.496 e. The number of hydrogen-bond acceptors (Lipinski definition) is 4. The van der Waals surface area contributed by atoms with Gasteiger partial charge in [0.15, 0.2) is 5.78 Å². The number of fused-ring (bicyclic) bond motifs is 2. The third kappa shape index (κ3) is 1.28. The smallest absolute Gasteiger partial charge is 0.315 e. The zero-order valence-electron chi connectivity index (χ0n) is 15.3. The zero-order valence-corrected chi connectivity index (χ0v) is 15.3. The molecule has 4 unspecified atom stereocenters. The Hall–Kier alpha value is -2.62. The van der Waals surface area contributed by atoms with Crippen LogP contribution in [0.5, 0.6) is 5.75 Å². The molecule has 1 saturated heterocycles. The van der Waals surface area contributed by atoms with Gasteiger partial charge >= 0.3 is 5.97 Å². The number of methoxy groups -OCH3 is 1. The van der Waals surface area contributed by atoms with Crippen molar-refractivity contribution in [3.8, 4) is 5.75 Å². The van der Waals surface area contributed by atoms with Gasteiger partial charge < -0.3 is 9.47 Å². The summed E-state index contributed by atoms with van der Waals surface area (Å²) in [6.07, 6.45) is 0. The van der Waals surface area contributed by atoms with Crippen molar-refractivity contribution in [3.63, 3.8) is 0 Å². The second-order valence-electron chi connectivity index (χ2n) is 8.01. The minimum atomic E-state index is -1.02. The molecule has 132 valence electrons. The van der Waals surface area contributed by atoms with E-state index in [0.29, 0.717) is 11.3 Å². The number of ketones is 1. The lowest BCUT2D eigenvalue weighted by atomic mass is 9.44. The van der Waals surface area contributed by atoms with Gasteiger partial charge in [0.2, 0.25) is 0 Å². The van der Waals surface area contributed by atoms with Crippen molar-refractivity contribution in [2.24, 2.45) is 5.41 Å². The highest BCUT2D eigenvalue weighted by Gasteiger charge is 2.78. The Balaban J connectivity index is 1.97. The molecule has 2 bridgehead atoms. The van der Waals surface area contributed by atoms with Gasteiger partial charge in [0.1, 0.15) is 11.4 Å². The molecule has 0 spiro atoms.